The molecule has 0 radical (unpaired) electrons. The van der Waals surface area contributed by atoms with Crippen LogP contribution in [0.4, 0.5) is 4.39 Å². The van der Waals surface area contributed by atoms with Gasteiger partial charge in [-0.3, -0.25) is 0 Å². The number of carbonyl (C=O) groups is 4. The zero-order valence-corrected chi connectivity index (χ0v) is 47.2. The van der Waals surface area contributed by atoms with Crippen LogP contribution < -0.4 is 18.9 Å². The minimum absolute atomic E-state index is 0.00857. The molecule has 428 valence electrons. The average molecular weight is 1070 g/mol. The summed E-state index contributed by atoms with van der Waals surface area (Å²) in [6.07, 6.45) is 47.3. The Labute approximate surface area is 463 Å². The van der Waals surface area contributed by atoms with Gasteiger partial charge >= 0.3 is 23.9 Å². The Bertz CT molecular complexity index is 2020. The first kappa shape index (κ1) is 65.8. The van der Waals surface area contributed by atoms with Gasteiger partial charge < -0.3 is 28.4 Å². The molecule has 0 fully saturated rings. The molecule has 0 aliphatic rings. The zero-order chi connectivity index (χ0) is 55.1. The van der Waals surface area contributed by atoms with E-state index < -0.39 is 17.8 Å². The molecule has 0 N–H and O–H groups in total. The molecule has 3 rings (SSSR count). The van der Waals surface area contributed by atoms with E-state index in [1.165, 1.54) is 204 Å². The number of halogens is 1. The van der Waals surface area contributed by atoms with Crippen molar-refractivity contribution in [2.75, 3.05) is 26.4 Å². The van der Waals surface area contributed by atoms with Crippen molar-refractivity contribution >= 4 is 23.9 Å². The van der Waals surface area contributed by atoms with Crippen molar-refractivity contribution in [3.63, 3.8) is 0 Å². The topological polar surface area (TPSA) is 124 Å². The number of ether oxygens (including phenoxy) is 6. The third-order valence-corrected chi connectivity index (χ3v) is 13.9. The van der Waals surface area contributed by atoms with E-state index in [1.54, 1.807) is 48.5 Å². The summed E-state index contributed by atoms with van der Waals surface area (Å²) in [4.78, 5) is 47.7. The van der Waals surface area contributed by atoms with E-state index in [0.717, 1.165) is 57.4 Å². The molecule has 77 heavy (non-hydrogen) atoms. The van der Waals surface area contributed by atoms with E-state index >= 15 is 4.39 Å². The van der Waals surface area contributed by atoms with Crippen LogP contribution in [0.1, 0.15) is 252 Å². The molecule has 3 aromatic rings. The third kappa shape index (κ3) is 34.8. The predicted octanol–water partition coefficient (Wildman–Crippen LogP) is 18.5. The number of hydrogen-bond donors (Lipinski definition) is 0. The standard InChI is InChI=1S/C66H97FO10/c1-3-63(68)74-53-39-35-31-27-23-19-15-11-7-5-9-13-17-21-25-29-33-37-51-72-58-45-41-56(42-46-58)65(70)76-60-49-50-62(61(67)55-60)77-66(71)57-43-47-59(48-44-57)73-52-38-34-30-26-22-18-14-10-6-8-12-16-20-24-28-32-36-40-54-75-64(69)4-2/h3-4,41-50,55H,1-2,5-40,51-54H2. The highest BCUT2D eigenvalue weighted by Gasteiger charge is 2.16. The highest BCUT2D eigenvalue weighted by molar-refractivity contribution is 5.92. The fourth-order valence-corrected chi connectivity index (χ4v) is 9.24. The van der Waals surface area contributed by atoms with E-state index in [4.69, 9.17) is 28.4 Å². The van der Waals surface area contributed by atoms with Crippen LogP contribution in [-0.4, -0.2) is 50.3 Å². The first-order valence-corrected chi connectivity index (χ1v) is 30.1. The Morgan fingerprint density at radius 2 is 0.597 bits per heavy atom. The Kier molecular flexibility index (Phi) is 38.9. The molecule has 10 nitrogen and oxygen atoms in total. The van der Waals surface area contributed by atoms with E-state index in [0.29, 0.717) is 43.5 Å². The summed E-state index contributed by atoms with van der Waals surface area (Å²) in [7, 11) is 0. The molecule has 0 heterocycles. The summed E-state index contributed by atoms with van der Waals surface area (Å²) >= 11 is 0. The lowest BCUT2D eigenvalue weighted by atomic mass is 10.0. The van der Waals surface area contributed by atoms with Gasteiger partial charge in [-0.1, -0.05) is 219 Å². The fraction of sp³-hybridized carbons (Fsp3) is 0.606. The van der Waals surface area contributed by atoms with Crippen molar-refractivity contribution in [1.29, 1.82) is 0 Å². The minimum atomic E-state index is -0.830. The SMILES string of the molecule is C=CC(=O)OCCCCCCCCCCCCCCCCCCCCOc1ccc(C(=O)Oc2ccc(OC(=O)c3ccc(OCCCCCCCCCCCCCCCCCCCCOC(=O)C=C)cc3)c(F)c2)cc1. The number of benzene rings is 3. The van der Waals surface area contributed by atoms with Gasteiger partial charge in [-0.2, -0.15) is 0 Å². The quantitative estimate of drug-likeness (QED) is 0.0234. The number of unbranched alkanes of at least 4 members (excludes halogenated alkanes) is 34. The van der Waals surface area contributed by atoms with Gasteiger partial charge in [-0.15, -0.1) is 0 Å². The van der Waals surface area contributed by atoms with Crippen molar-refractivity contribution in [2.45, 2.75) is 231 Å². The summed E-state index contributed by atoms with van der Waals surface area (Å²) in [6, 6.07) is 17.0. The van der Waals surface area contributed by atoms with Gasteiger partial charge in [0, 0.05) is 18.2 Å². The zero-order valence-electron chi connectivity index (χ0n) is 47.2. The summed E-state index contributed by atoms with van der Waals surface area (Å²) < 4.78 is 47.5. The molecule has 0 atom stereocenters. The molecule has 11 heteroatoms. The van der Waals surface area contributed by atoms with Crippen LogP contribution in [-0.2, 0) is 19.1 Å². The highest BCUT2D eigenvalue weighted by atomic mass is 19.1. The molecule has 0 saturated heterocycles. The Balaban J connectivity index is 1.11. The lowest BCUT2D eigenvalue weighted by molar-refractivity contribution is -0.138. The third-order valence-electron chi connectivity index (χ3n) is 13.9. The molecule has 0 aromatic heterocycles. The van der Waals surface area contributed by atoms with Gasteiger partial charge in [-0.25, -0.2) is 23.6 Å². The highest BCUT2D eigenvalue weighted by Crippen LogP contribution is 2.26. The summed E-state index contributed by atoms with van der Waals surface area (Å²) in [5.74, 6) is -1.78. The lowest BCUT2D eigenvalue weighted by Crippen LogP contribution is -2.11. The van der Waals surface area contributed by atoms with E-state index in [9.17, 15) is 19.2 Å². The van der Waals surface area contributed by atoms with Gasteiger partial charge in [0.15, 0.2) is 11.6 Å². The molecular weight excluding hydrogens is 972 g/mol. The van der Waals surface area contributed by atoms with Gasteiger partial charge in [0.25, 0.3) is 0 Å². The van der Waals surface area contributed by atoms with Gasteiger partial charge in [0.2, 0.25) is 0 Å². The van der Waals surface area contributed by atoms with Crippen molar-refractivity contribution in [2.24, 2.45) is 0 Å². The second-order valence-corrected chi connectivity index (χ2v) is 20.6. The number of carbonyl (C=O) groups excluding carboxylic acids is 4. The van der Waals surface area contributed by atoms with E-state index in [-0.39, 0.29) is 29.0 Å². The molecule has 0 saturated carbocycles. The number of hydrogen-bond acceptors (Lipinski definition) is 10. The van der Waals surface area contributed by atoms with Crippen LogP contribution in [0.15, 0.2) is 92.0 Å². The van der Waals surface area contributed by atoms with Crippen molar-refractivity contribution in [1.82, 2.24) is 0 Å². The van der Waals surface area contributed by atoms with Gasteiger partial charge in [-0.05, 0) is 86.3 Å². The monoisotopic (exact) mass is 1070 g/mol. The summed E-state index contributed by atoms with van der Waals surface area (Å²) in [6.45, 7) is 9.05. The molecule has 0 unspecified atom stereocenters. The van der Waals surface area contributed by atoms with Gasteiger partial charge in [0.1, 0.15) is 17.2 Å². The minimum Gasteiger partial charge on any atom is -0.494 e. The Morgan fingerprint density at radius 1 is 0.338 bits per heavy atom. The normalized spacial score (nSPS) is 11.0. The molecule has 0 aliphatic carbocycles. The smallest absolute Gasteiger partial charge is 0.343 e. The molecule has 0 bridgehead atoms. The maximum atomic E-state index is 15.0. The second kappa shape index (κ2) is 45.6. The Hall–Kier alpha value is -5.45. The van der Waals surface area contributed by atoms with Crippen molar-refractivity contribution in [3.8, 4) is 23.0 Å². The van der Waals surface area contributed by atoms with Crippen LogP contribution in [0.2, 0.25) is 0 Å². The summed E-state index contributed by atoms with van der Waals surface area (Å²) in [5, 5.41) is 0. The fourth-order valence-electron chi connectivity index (χ4n) is 9.24. The van der Waals surface area contributed by atoms with Crippen LogP contribution in [0.3, 0.4) is 0 Å². The predicted molar refractivity (Wildman–Crippen MR) is 309 cm³/mol. The molecular formula is C66H97FO10. The molecule has 0 spiro atoms. The van der Waals surface area contributed by atoms with Crippen LogP contribution in [0, 0.1) is 5.82 Å². The molecule has 0 amide bonds. The average Bonchev–Trinajstić information content (AvgIpc) is 3.44. The Morgan fingerprint density at radius 3 is 0.883 bits per heavy atom. The molecule has 0 aliphatic heterocycles. The van der Waals surface area contributed by atoms with Crippen LogP contribution in [0.25, 0.3) is 0 Å². The first-order valence-electron chi connectivity index (χ1n) is 30.1. The number of rotatable bonds is 50. The largest absolute Gasteiger partial charge is 0.494 e. The maximum Gasteiger partial charge on any atom is 0.343 e. The van der Waals surface area contributed by atoms with Crippen LogP contribution in [0.5, 0.6) is 23.0 Å². The maximum absolute atomic E-state index is 15.0. The van der Waals surface area contributed by atoms with Crippen molar-refractivity contribution < 1.29 is 52.0 Å². The lowest BCUT2D eigenvalue weighted by Gasteiger charge is -2.10. The van der Waals surface area contributed by atoms with Gasteiger partial charge in [0.05, 0.1) is 37.6 Å². The number of esters is 4. The van der Waals surface area contributed by atoms with E-state index in [1.807, 2.05) is 0 Å². The summed E-state index contributed by atoms with van der Waals surface area (Å²) in [5.41, 5.74) is 0.561. The first-order chi connectivity index (χ1) is 37.8. The van der Waals surface area contributed by atoms with E-state index in [2.05, 4.69) is 13.2 Å². The van der Waals surface area contributed by atoms with Crippen molar-refractivity contribution in [3.05, 3.63) is 109 Å². The molecule has 3 aromatic carbocycles. The second-order valence-electron chi connectivity index (χ2n) is 20.6. The van der Waals surface area contributed by atoms with Crippen LogP contribution >= 0.6 is 0 Å².